The van der Waals surface area contributed by atoms with Gasteiger partial charge >= 0.3 is 0 Å². The molecule has 3 N–H and O–H groups in total. The van der Waals surface area contributed by atoms with Crippen LogP contribution in [0.1, 0.15) is 0 Å². The molecule has 2 aromatic rings. The molecular weight excluding hydrogens is 144 g/mol. The Morgan fingerprint density at radius 1 is 1.45 bits per heavy atom. The summed E-state index contributed by atoms with van der Waals surface area (Å²) in [7, 11) is 0. The van der Waals surface area contributed by atoms with Crippen LogP contribution < -0.4 is 11.4 Å². The molecule has 0 unspecified atom stereocenters. The van der Waals surface area contributed by atoms with Gasteiger partial charge in [-0.2, -0.15) is 0 Å². The highest BCUT2D eigenvalue weighted by Gasteiger charge is 1.99. The van der Waals surface area contributed by atoms with Gasteiger partial charge in [-0.1, -0.05) is 0 Å². The Kier molecular flexibility index (Phi) is 1.19. The molecule has 11 heavy (non-hydrogen) atoms. The Labute approximate surface area is 62.0 Å². The molecule has 2 aromatic heterocycles. The van der Waals surface area contributed by atoms with E-state index in [-0.39, 0.29) is 0 Å². The van der Waals surface area contributed by atoms with Gasteiger partial charge < -0.3 is 0 Å². The second-order valence-electron chi connectivity index (χ2n) is 1.98. The molecule has 2 rings (SSSR count). The van der Waals surface area contributed by atoms with Gasteiger partial charge in [0, 0.05) is 0 Å². The van der Waals surface area contributed by atoms with Crippen LogP contribution in [0.15, 0.2) is 18.9 Å². The molecule has 0 aliphatic heterocycles. The summed E-state index contributed by atoms with van der Waals surface area (Å²) < 4.78 is 1.51. The first kappa shape index (κ1) is 6.05. The molecule has 0 spiro atoms. The van der Waals surface area contributed by atoms with Crippen LogP contribution in [-0.2, 0) is 0 Å². The highest BCUT2D eigenvalue weighted by molar-refractivity contribution is 5.68. The van der Waals surface area contributed by atoms with Crippen LogP contribution in [0.5, 0.6) is 0 Å². The van der Waals surface area contributed by atoms with Gasteiger partial charge in [-0.25, -0.2) is 25.5 Å². The zero-order valence-corrected chi connectivity index (χ0v) is 5.60. The van der Waals surface area contributed by atoms with E-state index in [1.807, 2.05) is 0 Å². The maximum absolute atomic E-state index is 5.17. The monoisotopic (exact) mass is 150 g/mol. The van der Waals surface area contributed by atoms with Gasteiger partial charge in [0.05, 0.1) is 6.20 Å². The molecule has 2 heterocycles. The lowest BCUT2D eigenvalue weighted by atomic mass is 10.6. The summed E-state index contributed by atoms with van der Waals surface area (Å²) >= 11 is 0. The topological polar surface area (TPSA) is 81.6 Å². The first-order valence-corrected chi connectivity index (χ1v) is 3.01. The van der Waals surface area contributed by atoms with Gasteiger partial charge in [0.25, 0.3) is 0 Å². The molecule has 0 aromatic carbocycles. The lowest BCUT2D eigenvalue weighted by molar-refractivity contribution is 0.892. The fourth-order valence-electron chi connectivity index (χ4n) is 0.862. The van der Waals surface area contributed by atoms with Crippen LogP contribution >= 0.6 is 0 Å². The third kappa shape index (κ3) is 0.802. The SMILES string of the molecule is NNn1cnc2cncnc21. The fourth-order valence-corrected chi connectivity index (χ4v) is 0.862. The molecule has 0 saturated carbocycles. The summed E-state index contributed by atoms with van der Waals surface area (Å²) in [6, 6.07) is 0. The number of nitrogen functional groups attached to an aromatic ring is 1. The van der Waals surface area contributed by atoms with E-state index in [1.165, 1.54) is 11.0 Å². The summed E-state index contributed by atoms with van der Waals surface area (Å²) in [5.74, 6) is 5.17. The minimum absolute atomic E-state index is 0.669. The number of imidazole rings is 1. The average Bonchev–Trinajstić information content (AvgIpc) is 2.47. The highest BCUT2D eigenvalue weighted by Crippen LogP contribution is 2.03. The van der Waals surface area contributed by atoms with Crippen molar-refractivity contribution in [3.63, 3.8) is 0 Å². The number of nitrogens with zero attached hydrogens (tertiary/aromatic N) is 4. The van der Waals surface area contributed by atoms with Crippen molar-refractivity contribution in [3.8, 4) is 0 Å². The van der Waals surface area contributed by atoms with E-state index < -0.39 is 0 Å². The van der Waals surface area contributed by atoms with Crippen LogP contribution in [0.2, 0.25) is 0 Å². The van der Waals surface area contributed by atoms with Crippen molar-refractivity contribution >= 4 is 11.2 Å². The second kappa shape index (κ2) is 2.17. The first-order valence-electron chi connectivity index (χ1n) is 3.01. The standard InChI is InChI=1S/C5H6N6/c6-10-11-3-9-4-1-7-2-8-5(4)11/h1-3,10H,6H2. The molecule has 0 saturated heterocycles. The van der Waals surface area contributed by atoms with E-state index >= 15 is 0 Å². The fraction of sp³-hybridized carbons (Fsp3) is 0. The van der Waals surface area contributed by atoms with Crippen molar-refractivity contribution in [2.24, 2.45) is 5.84 Å². The van der Waals surface area contributed by atoms with Gasteiger partial charge in [0.15, 0.2) is 5.65 Å². The van der Waals surface area contributed by atoms with Gasteiger partial charge in [-0.15, -0.1) is 0 Å². The van der Waals surface area contributed by atoms with Crippen molar-refractivity contribution in [2.75, 3.05) is 5.53 Å². The summed E-state index contributed by atoms with van der Waals surface area (Å²) in [6.07, 6.45) is 4.60. The van der Waals surface area contributed by atoms with Gasteiger partial charge in [0.1, 0.15) is 18.2 Å². The van der Waals surface area contributed by atoms with Gasteiger partial charge in [-0.05, 0) is 0 Å². The Hall–Kier alpha value is -1.69. The number of hydrazine groups is 1. The predicted octanol–water partition coefficient (Wildman–Crippen LogP) is -0.757. The smallest absolute Gasteiger partial charge is 0.183 e. The number of hydrogen-bond acceptors (Lipinski definition) is 5. The number of aromatic nitrogens is 4. The van der Waals surface area contributed by atoms with E-state index in [9.17, 15) is 0 Å². The molecule has 0 bridgehead atoms. The zero-order chi connectivity index (χ0) is 7.68. The van der Waals surface area contributed by atoms with E-state index in [1.54, 1.807) is 12.5 Å². The summed E-state index contributed by atoms with van der Waals surface area (Å²) in [4.78, 5) is 11.7. The lowest BCUT2D eigenvalue weighted by Gasteiger charge is -1.97. The van der Waals surface area contributed by atoms with E-state index in [0.717, 1.165) is 0 Å². The van der Waals surface area contributed by atoms with Crippen molar-refractivity contribution in [1.29, 1.82) is 0 Å². The van der Waals surface area contributed by atoms with E-state index in [2.05, 4.69) is 20.5 Å². The van der Waals surface area contributed by atoms with Gasteiger partial charge in [0.2, 0.25) is 0 Å². The minimum Gasteiger partial charge on any atom is -0.259 e. The Bertz CT molecular complexity index is 366. The molecule has 0 amide bonds. The maximum Gasteiger partial charge on any atom is 0.183 e. The van der Waals surface area contributed by atoms with Crippen LogP contribution in [0, 0.1) is 0 Å². The third-order valence-corrected chi connectivity index (χ3v) is 1.35. The van der Waals surface area contributed by atoms with Crippen LogP contribution in [-0.4, -0.2) is 19.6 Å². The van der Waals surface area contributed by atoms with Crippen molar-refractivity contribution < 1.29 is 0 Å². The van der Waals surface area contributed by atoms with Crippen LogP contribution in [0.3, 0.4) is 0 Å². The van der Waals surface area contributed by atoms with Gasteiger partial charge in [-0.3, -0.25) is 5.53 Å². The summed E-state index contributed by atoms with van der Waals surface area (Å²) in [6.45, 7) is 0. The molecule has 0 aliphatic rings. The Morgan fingerprint density at radius 3 is 3.18 bits per heavy atom. The molecule has 0 fully saturated rings. The average molecular weight is 150 g/mol. The molecule has 6 heteroatoms. The highest BCUT2D eigenvalue weighted by atomic mass is 15.6. The van der Waals surface area contributed by atoms with Crippen LogP contribution in [0.25, 0.3) is 11.2 Å². The molecule has 6 nitrogen and oxygen atoms in total. The molecular formula is C5H6N6. The summed E-state index contributed by atoms with van der Waals surface area (Å²) in [5.41, 5.74) is 3.80. The largest absolute Gasteiger partial charge is 0.259 e. The third-order valence-electron chi connectivity index (χ3n) is 1.35. The first-order chi connectivity index (χ1) is 5.42. The molecule has 0 atom stereocenters. The van der Waals surface area contributed by atoms with Crippen molar-refractivity contribution in [3.05, 3.63) is 18.9 Å². The second-order valence-corrected chi connectivity index (χ2v) is 1.98. The molecule has 56 valence electrons. The molecule has 0 radical (unpaired) electrons. The maximum atomic E-state index is 5.17. The number of hydrogen-bond donors (Lipinski definition) is 2. The number of fused-ring (bicyclic) bond motifs is 1. The van der Waals surface area contributed by atoms with Crippen LogP contribution in [0.4, 0.5) is 0 Å². The Morgan fingerprint density at radius 2 is 2.36 bits per heavy atom. The number of rotatable bonds is 1. The minimum atomic E-state index is 0.669. The Balaban J connectivity index is 2.76. The quantitative estimate of drug-likeness (QED) is 0.412. The number of nitrogens with two attached hydrogens (primary N) is 1. The summed E-state index contributed by atoms with van der Waals surface area (Å²) in [5, 5.41) is 0. The van der Waals surface area contributed by atoms with Crippen molar-refractivity contribution in [1.82, 2.24) is 19.6 Å². The lowest BCUT2D eigenvalue weighted by Crippen LogP contribution is -2.20. The zero-order valence-electron chi connectivity index (χ0n) is 5.60. The number of nitrogens with one attached hydrogen (secondary N) is 1. The normalized spacial score (nSPS) is 10.3. The van der Waals surface area contributed by atoms with E-state index in [0.29, 0.717) is 11.2 Å². The molecule has 0 aliphatic carbocycles. The van der Waals surface area contributed by atoms with Crippen molar-refractivity contribution in [2.45, 2.75) is 0 Å². The predicted molar refractivity (Wildman–Crippen MR) is 38.9 cm³/mol. The van der Waals surface area contributed by atoms with E-state index in [4.69, 9.17) is 5.84 Å².